The number of rotatable bonds is 7. The highest BCUT2D eigenvalue weighted by atomic mass is 35.5. The van der Waals surface area contributed by atoms with Crippen LogP contribution in [0.25, 0.3) is 11.1 Å². The van der Waals surface area contributed by atoms with Gasteiger partial charge in [0, 0.05) is 42.0 Å². The van der Waals surface area contributed by atoms with E-state index in [4.69, 9.17) is 10.5 Å². The van der Waals surface area contributed by atoms with Crippen LogP contribution in [0.5, 0.6) is 5.75 Å². The van der Waals surface area contributed by atoms with E-state index in [1.165, 1.54) is 0 Å². The molecule has 0 radical (unpaired) electrons. The molecule has 1 aliphatic carbocycles. The van der Waals surface area contributed by atoms with Gasteiger partial charge in [-0.05, 0) is 57.4 Å². The van der Waals surface area contributed by atoms with Crippen LogP contribution < -0.4 is 21.1 Å². The van der Waals surface area contributed by atoms with Crippen molar-refractivity contribution in [2.45, 2.75) is 45.2 Å². The van der Waals surface area contributed by atoms with Crippen LogP contribution in [0.2, 0.25) is 0 Å². The molecule has 0 aliphatic heterocycles. The molecule has 1 amide bonds. The van der Waals surface area contributed by atoms with Crippen LogP contribution in [0.15, 0.2) is 30.6 Å². The van der Waals surface area contributed by atoms with E-state index in [-0.39, 0.29) is 42.6 Å². The van der Waals surface area contributed by atoms with E-state index >= 15 is 0 Å². The third-order valence-electron chi connectivity index (χ3n) is 5.32. The first kappa shape index (κ1) is 25.9. The minimum absolute atomic E-state index is 0. The normalized spacial score (nSPS) is 17.9. The Kier molecular flexibility index (Phi) is 10.9. The second kappa shape index (κ2) is 12.6. The molecule has 1 fully saturated rings. The highest BCUT2D eigenvalue weighted by Crippen LogP contribution is 2.28. The van der Waals surface area contributed by atoms with E-state index in [2.05, 4.69) is 20.6 Å². The molecule has 2 aromatic rings. The molecule has 0 atom stereocenters. The quantitative estimate of drug-likeness (QED) is 0.591. The van der Waals surface area contributed by atoms with E-state index in [1.807, 2.05) is 32.2 Å². The molecule has 1 saturated carbocycles. The number of nitrogens with zero attached hydrogens (tertiary/aromatic N) is 2. The van der Waals surface area contributed by atoms with Crippen molar-refractivity contribution in [3.63, 3.8) is 0 Å². The van der Waals surface area contributed by atoms with E-state index in [0.717, 1.165) is 48.1 Å². The standard InChI is InChI=1S/C21H29N5O2.2ClH/c1-3-28-19-9-6-15(17-12-25-21(22)26-13-17)10-16(19)11-24-20(27)14-4-7-18(23-2)8-5-14;;/h6,9-10,12-14,18,23H,3-5,7-8,11H2,1-2H3,(H,24,27)(H2,22,25,26);2*1H. The number of carbonyl (C=O) groups excluding carboxylic acids is 1. The number of nitrogen functional groups attached to an aromatic ring is 1. The Morgan fingerprint density at radius 2 is 1.80 bits per heavy atom. The average Bonchev–Trinajstić information content (AvgIpc) is 2.73. The molecule has 7 nitrogen and oxygen atoms in total. The number of halogens is 2. The van der Waals surface area contributed by atoms with Gasteiger partial charge in [-0.2, -0.15) is 0 Å². The predicted octanol–water partition coefficient (Wildman–Crippen LogP) is 3.36. The van der Waals surface area contributed by atoms with Crippen LogP contribution in [0.1, 0.15) is 38.2 Å². The van der Waals surface area contributed by atoms with Gasteiger partial charge in [-0.25, -0.2) is 9.97 Å². The van der Waals surface area contributed by atoms with Gasteiger partial charge in [-0.1, -0.05) is 6.07 Å². The zero-order chi connectivity index (χ0) is 19.9. The lowest BCUT2D eigenvalue weighted by Crippen LogP contribution is -2.37. The number of benzene rings is 1. The highest BCUT2D eigenvalue weighted by molar-refractivity contribution is 5.85. The maximum absolute atomic E-state index is 12.6. The lowest BCUT2D eigenvalue weighted by Gasteiger charge is -2.27. The Morgan fingerprint density at radius 3 is 2.40 bits per heavy atom. The SMILES string of the molecule is CCOc1ccc(-c2cnc(N)nc2)cc1CNC(=O)C1CCC(NC)CC1.Cl.Cl. The molecule has 4 N–H and O–H groups in total. The number of nitrogens with one attached hydrogen (secondary N) is 2. The molecule has 1 aromatic heterocycles. The molecular weight excluding hydrogens is 425 g/mol. The number of nitrogens with two attached hydrogens (primary N) is 1. The number of amides is 1. The number of anilines is 1. The highest BCUT2D eigenvalue weighted by Gasteiger charge is 2.25. The smallest absolute Gasteiger partial charge is 0.223 e. The molecule has 0 saturated heterocycles. The third-order valence-corrected chi connectivity index (χ3v) is 5.32. The molecule has 1 aromatic carbocycles. The number of aromatic nitrogens is 2. The molecule has 0 bridgehead atoms. The molecule has 0 spiro atoms. The largest absolute Gasteiger partial charge is 0.494 e. The first-order valence-corrected chi connectivity index (χ1v) is 9.89. The van der Waals surface area contributed by atoms with Crippen LogP contribution >= 0.6 is 24.8 Å². The van der Waals surface area contributed by atoms with Gasteiger partial charge in [0.1, 0.15) is 5.75 Å². The Hall–Kier alpha value is -2.09. The Bertz CT molecular complexity index is 796. The summed E-state index contributed by atoms with van der Waals surface area (Å²) >= 11 is 0. The van der Waals surface area contributed by atoms with Crippen molar-refractivity contribution in [3.05, 3.63) is 36.2 Å². The minimum atomic E-state index is 0. The van der Waals surface area contributed by atoms with E-state index in [1.54, 1.807) is 12.4 Å². The fraction of sp³-hybridized carbons (Fsp3) is 0.476. The van der Waals surface area contributed by atoms with Crippen LogP contribution in [0, 0.1) is 5.92 Å². The number of hydrogen-bond donors (Lipinski definition) is 3. The first-order chi connectivity index (χ1) is 13.6. The zero-order valence-electron chi connectivity index (χ0n) is 17.4. The van der Waals surface area contributed by atoms with Gasteiger partial charge in [0.2, 0.25) is 11.9 Å². The molecule has 3 rings (SSSR count). The summed E-state index contributed by atoms with van der Waals surface area (Å²) in [5.41, 5.74) is 8.34. The summed E-state index contributed by atoms with van der Waals surface area (Å²) in [5, 5.41) is 6.40. The summed E-state index contributed by atoms with van der Waals surface area (Å²) in [7, 11) is 1.99. The van der Waals surface area contributed by atoms with Crippen molar-refractivity contribution in [2.75, 3.05) is 19.4 Å². The molecule has 1 heterocycles. The van der Waals surface area contributed by atoms with Gasteiger partial charge in [-0.3, -0.25) is 4.79 Å². The van der Waals surface area contributed by atoms with E-state index in [0.29, 0.717) is 19.2 Å². The molecule has 9 heteroatoms. The van der Waals surface area contributed by atoms with Gasteiger partial charge in [0.15, 0.2) is 0 Å². The van der Waals surface area contributed by atoms with Gasteiger partial charge in [-0.15, -0.1) is 24.8 Å². The minimum Gasteiger partial charge on any atom is -0.494 e. The van der Waals surface area contributed by atoms with Gasteiger partial charge >= 0.3 is 0 Å². The summed E-state index contributed by atoms with van der Waals surface area (Å²) in [5.74, 6) is 1.24. The fourth-order valence-corrected chi connectivity index (χ4v) is 3.65. The van der Waals surface area contributed by atoms with Crippen LogP contribution in [0.4, 0.5) is 5.95 Å². The van der Waals surface area contributed by atoms with Crippen molar-refractivity contribution in [2.24, 2.45) is 5.92 Å². The Labute approximate surface area is 190 Å². The number of ether oxygens (including phenoxy) is 1. The van der Waals surface area contributed by atoms with Crippen LogP contribution in [0.3, 0.4) is 0 Å². The van der Waals surface area contributed by atoms with Crippen molar-refractivity contribution in [1.82, 2.24) is 20.6 Å². The Balaban J connectivity index is 0.00000225. The van der Waals surface area contributed by atoms with Crippen molar-refractivity contribution in [3.8, 4) is 16.9 Å². The number of carbonyl (C=O) groups is 1. The van der Waals surface area contributed by atoms with Crippen LogP contribution in [-0.2, 0) is 11.3 Å². The van der Waals surface area contributed by atoms with E-state index < -0.39 is 0 Å². The third kappa shape index (κ3) is 6.72. The lowest BCUT2D eigenvalue weighted by atomic mass is 9.85. The zero-order valence-corrected chi connectivity index (χ0v) is 19.0. The summed E-state index contributed by atoms with van der Waals surface area (Å²) < 4.78 is 5.74. The van der Waals surface area contributed by atoms with Crippen molar-refractivity contribution < 1.29 is 9.53 Å². The molecular formula is C21H31Cl2N5O2. The second-order valence-electron chi connectivity index (χ2n) is 7.14. The average molecular weight is 456 g/mol. The van der Waals surface area contributed by atoms with Crippen molar-refractivity contribution >= 4 is 36.7 Å². The monoisotopic (exact) mass is 455 g/mol. The second-order valence-corrected chi connectivity index (χ2v) is 7.14. The van der Waals surface area contributed by atoms with Gasteiger partial charge in [0.05, 0.1) is 6.61 Å². The van der Waals surface area contributed by atoms with Crippen molar-refractivity contribution in [1.29, 1.82) is 0 Å². The molecule has 0 unspecified atom stereocenters. The summed E-state index contributed by atoms with van der Waals surface area (Å²) in [6, 6.07) is 6.43. The molecule has 1 aliphatic rings. The first-order valence-electron chi connectivity index (χ1n) is 9.89. The summed E-state index contributed by atoms with van der Waals surface area (Å²) in [4.78, 5) is 20.7. The number of hydrogen-bond acceptors (Lipinski definition) is 6. The predicted molar refractivity (Wildman–Crippen MR) is 124 cm³/mol. The maximum atomic E-state index is 12.6. The lowest BCUT2D eigenvalue weighted by molar-refractivity contribution is -0.126. The maximum Gasteiger partial charge on any atom is 0.223 e. The fourth-order valence-electron chi connectivity index (χ4n) is 3.65. The Morgan fingerprint density at radius 1 is 1.13 bits per heavy atom. The molecule has 30 heavy (non-hydrogen) atoms. The van der Waals surface area contributed by atoms with Gasteiger partial charge < -0.3 is 21.1 Å². The van der Waals surface area contributed by atoms with Crippen LogP contribution in [-0.4, -0.2) is 35.6 Å². The topological polar surface area (TPSA) is 102 Å². The summed E-state index contributed by atoms with van der Waals surface area (Å²) in [6.07, 6.45) is 7.34. The van der Waals surface area contributed by atoms with E-state index in [9.17, 15) is 4.79 Å². The summed E-state index contributed by atoms with van der Waals surface area (Å²) in [6.45, 7) is 2.95. The van der Waals surface area contributed by atoms with Gasteiger partial charge in [0.25, 0.3) is 0 Å². The molecule has 166 valence electrons.